The van der Waals surface area contributed by atoms with Crippen LogP contribution in [0.1, 0.15) is 43.7 Å². The molecule has 29 heavy (non-hydrogen) atoms. The van der Waals surface area contributed by atoms with Crippen molar-refractivity contribution >= 4 is 16.6 Å². The Balaban J connectivity index is 2.11. The number of nitro benzene ring substituents is 1. The molecule has 0 amide bonds. The number of hydrogen-bond donors (Lipinski definition) is 0. The molecule has 0 spiro atoms. The number of aromatic nitrogens is 3. The van der Waals surface area contributed by atoms with Crippen LogP contribution in [-0.4, -0.2) is 18.6 Å². The predicted octanol–water partition coefficient (Wildman–Crippen LogP) is 3.43. The van der Waals surface area contributed by atoms with E-state index >= 15 is 0 Å². The number of nitrogens with zero attached hydrogens (tertiary/aromatic N) is 4. The molecule has 1 aliphatic carbocycles. The number of rotatable bonds is 3. The molecule has 3 aromatic rings. The van der Waals surface area contributed by atoms with Gasteiger partial charge in [0.15, 0.2) is 0 Å². The second kappa shape index (κ2) is 7.02. The van der Waals surface area contributed by atoms with Crippen LogP contribution in [0.5, 0.6) is 0 Å². The molecule has 0 aliphatic heterocycles. The lowest BCUT2D eigenvalue weighted by molar-refractivity contribution is -0.385. The number of benzene rings is 1. The molecule has 8 heteroatoms. The SMILES string of the molecule is Cc1ccc(-c2c3c(=O)n(C)c(=O)n(C)c3cn2C2CCCCC2)cc1[N+](=O)[O-]. The fourth-order valence-corrected chi connectivity index (χ4v) is 4.45. The summed E-state index contributed by atoms with van der Waals surface area (Å²) in [4.78, 5) is 36.6. The zero-order valence-electron chi connectivity index (χ0n) is 16.8. The fraction of sp³-hybridized carbons (Fsp3) is 0.429. The average Bonchev–Trinajstić information content (AvgIpc) is 3.12. The van der Waals surface area contributed by atoms with E-state index in [1.807, 2.05) is 12.3 Å². The minimum absolute atomic E-state index is 0.0219. The Morgan fingerprint density at radius 2 is 1.76 bits per heavy atom. The van der Waals surface area contributed by atoms with Gasteiger partial charge in [0.05, 0.1) is 21.5 Å². The first-order valence-corrected chi connectivity index (χ1v) is 9.87. The van der Waals surface area contributed by atoms with Crippen LogP contribution in [0, 0.1) is 17.0 Å². The molecule has 2 heterocycles. The molecule has 1 saturated carbocycles. The molecule has 0 bridgehead atoms. The maximum Gasteiger partial charge on any atom is 0.330 e. The van der Waals surface area contributed by atoms with E-state index in [9.17, 15) is 19.7 Å². The maximum absolute atomic E-state index is 13.1. The summed E-state index contributed by atoms with van der Waals surface area (Å²) < 4.78 is 4.64. The Hall–Kier alpha value is -3.16. The lowest BCUT2D eigenvalue weighted by Gasteiger charge is -2.25. The first kappa shape index (κ1) is 19.2. The van der Waals surface area contributed by atoms with Gasteiger partial charge in [-0.15, -0.1) is 0 Å². The van der Waals surface area contributed by atoms with Crippen LogP contribution >= 0.6 is 0 Å². The lowest BCUT2D eigenvalue weighted by atomic mass is 9.94. The molecule has 1 aliphatic rings. The first-order chi connectivity index (χ1) is 13.8. The number of nitro groups is 1. The van der Waals surface area contributed by atoms with Crippen molar-refractivity contribution in [1.29, 1.82) is 0 Å². The third kappa shape index (κ3) is 2.99. The monoisotopic (exact) mass is 396 g/mol. The Kier molecular flexibility index (Phi) is 4.64. The van der Waals surface area contributed by atoms with E-state index in [4.69, 9.17) is 0 Å². The van der Waals surface area contributed by atoms with E-state index in [0.717, 1.165) is 30.3 Å². The molecule has 0 radical (unpaired) electrons. The quantitative estimate of drug-likeness (QED) is 0.501. The Bertz CT molecular complexity index is 1240. The summed E-state index contributed by atoms with van der Waals surface area (Å²) in [5, 5.41) is 11.9. The third-order valence-corrected chi connectivity index (χ3v) is 6.11. The minimum atomic E-state index is -0.400. The second-order valence-corrected chi connectivity index (χ2v) is 7.90. The Morgan fingerprint density at radius 1 is 1.07 bits per heavy atom. The summed E-state index contributed by atoms with van der Waals surface area (Å²) in [6, 6.07) is 5.27. The van der Waals surface area contributed by atoms with Gasteiger partial charge in [-0.25, -0.2) is 4.79 Å². The molecule has 1 aromatic carbocycles. The van der Waals surface area contributed by atoms with Crippen molar-refractivity contribution in [2.45, 2.75) is 45.1 Å². The molecule has 4 rings (SSSR count). The largest absolute Gasteiger partial charge is 0.342 e. The van der Waals surface area contributed by atoms with Crippen LogP contribution in [-0.2, 0) is 14.1 Å². The van der Waals surface area contributed by atoms with Crippen LogP contribution in [0.4, 0.5) is 5.69 Å². The summed E-state index contributed by atoms with van der Waals surface area (Å²) in [5.41, 5.74) is 1.67. The van der Waals surface area contributed by atoms with Crippen molar-refractivity contribution in [3.63, 3.8) is 0 Å². The second-order valence-electron chi connectivity index (χ2n) is 7.90. The van der Waals surface area contributed by atoms with E-state index in [0.29, 0.717) is 27.7 Å². The van der Waals surface area contributed by atoms with Crippen molar-refractivity contribution in [1.82, 2.24) is 13.7 Å². The van der Waals surface area contributed by atoms with Crippen LogP contribution in [0.3, 0.4) is 0 Å². The molecule has 0 atom stereocenters. The van der Waals surface area contributed by atoms with Gasteiger partial charge in [0.2, 0.25) is 0 Å². The molecule has 1 fully saturated rings. The average molecular weight is 396 g/mol. The van der Waals surface area contributed by atoms with Gasteiger partial charge in [0.1, 0.15) is 0 Å². The molecular weight excluding hydrogens is 372 g/mol. The smallest absolute Gasteiger partial charge is 0.330 e. The maximum atomic E-state index is 13.1. The highest BCUT2D eigenvalue weighted by Crippen LogP contribution is 2.38. The molecule has 0 saturated heterocycles. The fourth-order valence-electron chi connectivity index (χ4n) is 4.45. The van der Waals surface area contributed by atoms with E-state index in [-0.39, 0.29) is 23.0 Å². The van der Waals surface area contributed by atoms with Gasteiger partial charge >= 0.3 is 5.69 Å². The zero-order valence-corrected chi connectivity index (χ0v) is 16.8. The van der Waals surface area contributed by atoms with Gasteiger partial charge < -0.3 is 4.57 Å². The number of fused-ring (bicyclic) bond motifs is 1. The van der Waals surface area contributed by atoms with E-state index in [1.165, 1.54) is 24.1 Å². The molecule has 152 valence electrons. The topological polar surface area (TPSA) is 92.1 Å². The van der Waals surface area contributed by atoms with Crippen LogP contribution in [0.2, 0.25) is 0 Å². The normalized spacial score (nSPS) is 15.1. The molecule has 0 unspecified atom stereocenters. The van der Waals surface area contributed by atoms with Crippen molar-refractivity contribution in [2.75, 3.05) is 0 Å². The van der Waals surface area contributed by atoms with E-state index < -0.39 is 4.92 Å². The summed E-state index contributed by atoms with van der Waals surface area (Å²) in [6.45, 7) is 1.70. The highest BCUT2D eigenvalue weighted by Gasteiger charge is 2.25. The van der Waals surface area contributed by atoms with Crippen molar-refractivity contribution < 1.29 is 4.92 Å². The van der Waals surface area contributed by atoms with E-state index in [2.05, 4.69) is 4.57 Å². The summed E-state index contributed by atoms with van der Waals surface area (Å²) in [7, 11) is 3.11. The lowest BCUT2D eigenvalue weighted by Crippen LogP contribution is -2.36. The van der Waals surface area contributed by atoms with Crippen molar-refractivity contribution in [3.05, 3.63) is 60.9 Å². The molecule has 8 nitrogen and oxygen atoms in total. The highest BCUT2D eigenvalue weighted by atomic mass is 16.6. The third-order valence-electron chi connectivity index (χ3n) is 6.11. The minimum Gasteiger partial charge on any atom is -0.342 e. The molecule has 0 N–H and O–H groups in total. The van der Waals surface area contributed by atoms with Crippen LogP contribution in [0.25, 0.3) is 22.2 Å². The molecular formula is C21H24N4O4. The van der Waals surface area contributed by atoms with Crippen LogP contribution < -0.4 is 11.2 Å². The van der Waals surface area contributed by atoms with Crippen molar-refractivity contribution in [3.8, 4) is 11.3 Å². The standard InChI is InChI=1S/C21H24N4O4/c1-13-9-10-14(11-16(13)25(28)29)19-18-17(22(2)21(27)23(3)20(18)26)12-24(19)15-7-5-4-6-8-15/h9-12,15H,4-8H2,1-3H3. The summed E-state index contributed by atoms with van der Waals surface area (Å²) >= 11 is 0. The van der Waals surface area contributed by atoms with E-state index in [1.54, 1.807) is 20.0 Å². The van der Waals surface area contributed by atoms with Gasteiger partial charge in [0.25, 0.3) is 11.2 Å². The van der Waals surface area contributed by atoms with Gasteiger partial charge in [-0.3, -0.25) is 24.0 Å². The van der Waals surface area contributed by atoms with Gasteiger partial charge in [-0.1, -0.05) is 31.4 Å². The van der Waals surface area contributed by atoms with Gasteiger partial charge in [-0.05, 0) is 19.8 Å². The predicted molar refractivity (Wildman–Crippen MR) is 111 cm³/mol. The first-order valence-electron chi connectivity index (χ1n) is 9.87. The Labute approximate surface area is 167 Å². The van der Waals surface area contributed by atoms with Gasteiger partial charge in [0, 0.05) is 43.5 Å². The number of hydrogen-bond acceptors (Lipinski definition) is 4. The summed E-state index contributed by atoms with van der Waals surface area (Å²) in [6.07, 6.45) is 7.22. The molecule has 2 aromatic heterocycles. The zero-order chi connectivity index (χ0) is 20.9. The van der Waals surface area contributed by atoms with Crippen LogP contribution in [0.15, 0.2) is 34.0 Å². The Morgan fingerprint density at radius 3 is 2.41 bits per heavy atom. The van der Waals surface area contributed by atoms with Crippen molar-refractivity contribution in [2.24, 2.45) is 14.1 Å². The highest BCUT2D eigenvalue weighted by molar-refractivity contribution is 5.94. The summed E-state index contributed by atoms with van der Waals surface area (Å²) in [5.74, 6) is 0. The number of aryl methyl sites for hydroxylation is 2. The van der Waals surface area contributed by atoms with Gasteiger partial charge in [-0.2, -0.15) is 0 Å².